The number of piperazine rings is 1. The number of benzene rings is 1. The average molecular weight is 441 g/mol. The molecule has 2 fully saturated rings. The zero-order valence-electron chi connectivity index (χ0n) is 18.9. The van der Waals surface area contributed by atoms with Gasteiger partial charge >= 0.3 is 5.97 Å². The van der Waals surface area contributed by atoms with E-state index in [1.807, 2.05) is 6.07 Å². The van der Waals surface area contributed by atoms with Crippen molar-refractivity contribution >= 4 is 23.3 Å². The Morgan fingerprint density at radius 3 is 2.74 bits per heavy atom. The quantitative estimate of drug-likeness (QED) is 0.619. The SMILES string of the molecule is CC1=CCC[C@]2(C)C[C@H]3OC(=O)[C@H](CN4CCN(c5cc(Cl)ccc5C)CC4)[C@H]3C=C12. The summed E-state index contributed by atoms with van der Waals surface area (Å²) in [5.41, 5.74) is 5.51. The van der Waals surface area contributed by atoms with Gasteiger partial charge in [-0.2, -0.15) is 0 Å². The molecule has 0 saturated carbocycles. The molecule has 0 aromatic heterocycles. The van der Waals surface area contributed by atoms with Crippen molar-refractivity contribution in [2.75, 3.05) is 37.6 Å². The van der Waals surface area contributed by atoms with E-state index in [2.05, 4.69) is 54.9 Å². The van der Waals surface area contributed by atoms with Crippen LogP contribution in [-0.2, 0) is 9.53 Å². The first-order valence-electron chi connectivity index (χ1n) is 11.7. The Morgan fingerprint density at radius 2 is 1.97 bits per heavy atom. The zero-order valence-corrected chi connectivity index (χ0v) is 19.6. The second kappa shape index (κ2) is 7.97. The van der Waals surface area contributed by atoms with Crippen molar-refractivity contribution in [3.63, 3.8) is 0 Å². The Hall–Kier alpha value is -1.78. The third-order valence-corrected chi connectivity index (χ3v) is 8.27. The summed E-state index contributed by atoms with van der Waals surface area (Å²) < 4.78 is 5.93. The Kier molecular flexibility index (Phi) is 5.42. The molecule has 0 spiro atoms. The Balaban J connectivity index is 1.28. The standard InChI is InChI=1S/C26H33ClN2O2/c1-17-5-4-8-26(3)15-24-20(14-22(17)26)21(25(30)31-24)16-28-9-11-29(12-10-28)23-13-19(27)7-6-18(23)2/h5-7,13-14,20-21,24H,4,8-12,15-16H2,1-3H3/t20-,21-,24-,26-/m1/s1. The van der Waals surface area contributed by atoms with Crippen molar-refractivity contribution in [3.05, 3.63) is 52.1 Å². The van der Waals surface area contributed by atoms with E-state index in [0.29, 0.717) is 0 Å². The van der Waals surface area contributed by atoms with Crippen LogP contribution >= 0.6 is 11.6 Å². The molecule has 2 saturated heterocycles. The molecule has 4 aliphatic rings. The number of aryl methyl sites for hydroxylation is 1. The maximum atomic E-state index is 12.9. The van der Waals surface area contributed by atoms with Crippen molar-refractivity contribution in [3.8, 4) is 0 Å². The lowest BCUT2D eigenvalue weighted by atomic mass is 9.62. The van der Waals surface area contributed by atoms with Gasteiger partial charge in [-0.25, -0.2) is 0 Å². The van der Waals surface area contributed by atoms with Gasteiger partial charge in [-0.1, -0.05) is 42.3 Å². The Bertz CT molecular complexity index is 947. The fourth-order valence-electron chi connectivity index (χ4n) is 6.21. The van der Waals surface area contributed by atoms with E-state index >= 15 is 0 Å². The number of nitrogens with zero attached hydrogens (tertiary/aromatic N) is 2. The number of hydrogen-bond donors (Lipinski definition) is 0. The summed E-state index contributed by atoms with van der Waals surface area (Å²) in [5, 5.41) is 0.784. The van der Waals surface area contributed by atoms with Crippen LogP contribution in [0.25, 0.3) is 0 Å². The number of carbonyl (C=O) groups is 1. The second-order valence-corrected chi connectivity index (χ2v) is 10.6. The van der Waals surface area contributed by atoms with Crippen LogP contribution in [0, 0.1) is 24.2 Å². The first-order valence-corrected chi connectivity index (χ1v) is 12.1. The number of fused-ring (bicyclic) bond motifs is 2. The third-order valence-electron chi connectivity index (χ3n) is 8.04. The van der Waals surface area contributed by atoms with Crippen molar-refractivity contribution in [1.29, 1.82) is 0 Å². The molecule has 31 heavy (non-hydrogen) atoms. The van der Waals surface area contributed by atoms with Crippen molar-refractivity contribution in [2.24, 2.45) is 17.3 Å². The maximum Gasteiger partial charge on any atom is 0.311 e. The lowest BCUT2D eigenvalue weighted by molar-refractivity contribution is -0.145. The van der Waals surface area contributed by atoms with Crippen LogP contribution in [0.5, 0.6) is 0 Å². The molecule has 5 heteroatoms. The van der Waals surface area contributed by atoms with E-state index in [4.69, 9.17) is 16.3 Å². The van der Waals surface area contributed by atoms with Gasteiger partial charge in [-0.05, 0) is 61.8 Å². The van der Waals surface area contributed by atoms with E-state index in [1.54, 1.807) is 0 Å². The fourth-order valence-corrected chi connectivity index (χ4v) is 6.38. The van der Waals surface area contributed by atoms with Gasteiger partial charge in [0, 0.05) is 49.4 Å². The van der Waals surface area contributed by atoms with Crippen LogP contribution in [0.3, 0.4) is 0 Å². The zero-order chi connectivity index (χ0) is 21.8. The summed E-state index contributed by atoms with van der Waals surface area (Å²) in [6.45, 7) is 11.3. The predicted molar refractivity (Wildman–Crippen MR) is 126 cm³/mol. The number of anilines is 1. The third kappa shape index (κ3) is 3.82. The van der Waals surface area contributed by atoms with Crippen LogP contribution in [0.4, 0.5) is 5.69 Å². The molecular weight excluding hydrogens is 408 g/mol. The minimum absolute atomic E-state index is 0.00356. The molecule has 4 atom stereocenters. The molecule has 166 valence electrons. The molecule has 2 aliphatic carbocycles. The molecule has 2 heterocycles. The van der Waals surface area contributed by atoms with Gasteiger partial charge in [0.25, 0.3) is 0 Å². The molecule has 0 radical (unpaired) electrons. The lowest BCUT2D eigenvalue weighted by Gasteiger charge is -2.43. The minimum atomic E-state index is -0.0452. The highest BCUT2D eigenvalue weighted by Gasteiger charge is 2.51. The fraction of sp³-hybridized carbons (Fsp3) is 0.577. The first-order chi connectivity index (χ1) is 14.8. The molecule has 5 rings (SSSR count). The predicted octanol–water partition coefficient (Wildman–Crippen LogP) is 5.00. The molecule has 1 aromatic carbocycles. The van der Waals surface area contributed by atoms with Crippen LogP contribution in [0.1, 0.15) is 38.7 Å². The monoisotopic (exact) mass is 440 g/mol. The highest BCUT2D eigenvalue weighted by atomic mass is 35.5. The van der Waals surface area contributed by atoms with Crippen molar-refractivity contribution in [2.45, 2.75) is 46.1 Å². The normalized spacial score (nSPS) is 33.4. The number of esters is 1. The lowest BCUT2D eigenvalue weighted by Crippen LogP contribution is -2.49. The van der Waals surface area contributed by atoms with E-state index in [9.17, 15) is 4.79 Å². The van der Waals surface area contributed by atoms with E-state index < -0.39 is 0 Å². The number of carbonyl (C=O) groups excluding carboxylic acids is 1. The molecule has 4 nitrogen and oxygen atoms in total. The van der Waals surface area contributed by atoms with Gasteiger partial charge in [0.15, 0.2) is 0 Å². The average Bonchev–Trinajstić information content (AvgIpc) is 3.02. The molecule has 1 aromatic rings. The van der Waals surface area contributed by atoms with Gasteiger partial charge in [0.2, 0.25) is 0 Å². The van der Waals surface area contributed by atoms with Crippen LogP contribution in [0.15, 0.2) is 41.5 Å². The van der Waals surface area contributed by atoms with Crippen molar-refractivity contribution < 1.29 is 9.53 Å². The van der Waals surface area contributed by atoms with Gasteiger partial charge < -0.3 is 9.64 Å². The summed E-state index contributed by atoms with van der Waals surface area (Å²) in [6.07, 6.45) is 8.07. The highest BCUT2D eigenvalue weighted by molar-refractivity contribution is 6.30. The Labute approximate surface area is 190 Å². The highest BCUT2D eigenvalue weighted by Crippen LogP contribution is 2.52. The topological polar surface area (TPSA) is 32.8 Å². The smallest absolute Gasteiger partial charge is 0.311 e. The van der Waals surface area contributed by atoms with E-state index in [-0.39, 0.29) is 29.3 Å². The molecule has 0 unspecified atom stereocenters. The maximum absolute atomic E-state index is 12.9. The summed E-state index contributed by atoms with van der Waals surface area (Å²) in [6, 6.07) is 6.10. The number of hydrogen-bond acceptors (Lipinski definition) is 4. The largest absolute Gasteiger partial charge is 0.461 e. The van der Waals surface area contributed by atoms with Gasteiger partial charge in [0.05, 0.1) is 5.92 Å². The summed E-state index contributed by atoms with van der Waals surface area (Å²) in [5.74, 6) is 0.172. The van der Waals surface area contributed by atoms with E-state index in [0.717, 1.165) is 57.0 Å². The molecule has 0 N–H and O–H groups in total. The summed E-state index contributed by atoms with van der Waals surface area (Å²) in [7, 11) is 0. The van der Waals surface area contributed by atoms with Gasteiger partial charge in [0.1, 0.15) is 6.10 Å². The second-order valence-electron chi connectivity index (χ2n) is 10.1. The summed E-state index contributed by atoms with van der Waals surface area (Å²) >= 11 is 6.23. The number of ether oxygens (including phenoxy) is 1. The number of halogens is 1. The van der Waals surface area contributed by atoms with E-state index in [1.165, 1.54) is 22.4 Å². The first kappa shape index (κ1) is 21.1. The molecule has 0 amide bonds. The molecule has 0 bridgehead atoms. The minimum Gasteiger partial charge on any atom is -0.461 e. The van der Waals surface area contributed by atoms with Gasteiger partial charge in [-0.15, -0.1) is 0 Å². The van der Waals surface area contributed by atoms with Crippen LogP contribution in [0.2, 0.25) is 5.02 Å². The Morgan fingerprint density at radius 1 is 1.19 bits per heavy atom. The molecule has 2 aliphatic heterocycles. The molecular formula is C26H33ClN2O2. The van der Waals surface area contributed by atoms with Crippen LogP contribution in [-0.4, -0.2) is 49.7 Å². The van der Waals surface area contributed by atoms with Crippen molar-refractivity contribution in [1.82, 2.24) is 4.90 Å². The van der Waals surface area contributed by atoms with Gasteiger partial charge in [-0.3, -0.25) is 9.69 Å². The number of rotatable bonds is 3. The summed E-state index contributed by atoms with van der Waals surface area (Å²) in [4.78, 5) is 17.7. The van der Waals surface area contributed by atoms with Crippen LogP contribution < -0.4 is 4.90 Å². The number of allylic oxidation sites excluding steroid dienone is 3.